The van der Waals surface area contributed by atoms with E-state index in [1.165, 1.54) is 16.7 Å². The standard InChI is InChI=1S/C17H15NO/c1-2-13-14-8-4-3-7-12(14)11-17(18-19)16-10-6-5-9-15(13)16/h2-10,17H,11H2,1H3. The molecule has 19 heavy (non-hydrogen) atoms. The summed E-state index contributed by atoms with van der Waals surface area (Å²) in [7, 11) is 0. The average molecular weight is 249 g/mol. The van der Waals surface area contributed by atoms with Gasteiger partial charge in [0, 0.05) is 6.42 Å². The van der Waals surface area contributed by atoms with Gasteiger partial charge >= 0.3 is 0 Å². The zero-order chi connectivity index (χ0) is 13.2. The first-order valence-electron chi connectivity index (χ1n) is 6.51. The van der Waals surface area contributed by atoms with Crippen LogP contribution in [0.4, 0.5) is 0 Å². The van der Waals surface area contributed by atoms with Crippen LogP contribution in [0.2, 0.25) is 0 Å². The summed E-state index contributed by atoms with van der Waals surface area (Å²) in [5.41, 5.74) is 5.75. The summed E-state index contributed by atoms with van der Waals surface area (Å²) in [4.78, 5) is 11.2. The first kappa shape index (κ1) is 11.8. The molecule has 0 aromatic heterocycles. The molecule has 0 bridgehead atoms. The summed E-state index contributed by atoms with van der Waals surface area (Å²) in [6, 6.07) is 16.0. The average Bonchev–Trinajstić information content (AvgIpc) is 2.61. The van der Waals surface area contributed by atoms with Crippen LogP contribution in [0.25, 0.3) is 5.57 Å². The molecule has 1 atom stereocenters. The minimum absolute atomic E-state index is 0.296. The molecule has 1 unspecified atom stereocenters. The highest BCUT2D eigenvalue weighted by Gasteiger charge is 2.24. The molecule has 2 aromatic carbocycles. The molecule has 0 saturated carbocycles. The summed E-state index contributed by atoms with van der Waals surface area (Å²) in [5, 5.41) is 3.34. The van der Waals surface area contributed by atoms with E-state index in [4.69, 9.17) is 0 Å². The molecule has 0 spiro atoms. The van der Waals surface area contributed by atoms with Gasteiger partial charge in [-0.05, 0) is 34.8 Å². The van der Waals surface area contributed by atoms with Crippen LogP contribution in [0.15, 0.2) is 59.8 Å². The number of hydrogen-bond acceptors (Lipinski definition) is 2. The number of allylic oxidation sites excluding steroid dienone is 1. The Kier molecular flexibility index (Phi) is 3.00. The van der Waals surface area contributed by atoms with Gasteiger partial charge in [0.25, 0.3) is 0 Å². The molecule has 94 valence electrons. The second kappa shape index (κ2) is 4.81. The number of nitrogens with zero attached hydrogens (tertiary/aromatic N) is 1. The first-order chi connectivity index (χ1) is 9.35. The molecule has 1 aliphatic rings. The monoisotopic (exact) mass is 249 g/mol. The molecule has 1 aliphatic carbocycles. The highest BCUT2D eigenvalue weighted by atomic mass is 16.3. The van der Waals surface area contributed by atoms with Crippen LogP contribution < -0.4 is 0 Å². The predicted molar refractivity (Wildman–Crippen MR) is 77.9 cm³/mol. The van der Waals surface area contributed by atoms with E-state index in [0.29, 0.717) is 6.42 Å². The van der Waals surface area contributed by atoms with Crippen molar-refractivity contribution in [3.63, 3.8) is 0 Å². The molecule has 2 nitrogen and oxygen atoms in total. The smallest absolute Gasteiger partial charge is 0.121 e. The third kappa shape index (κ3) is 1.89. The van der Waals surface area contributed by atoms with Crippen LogP contribution >= 0.6 is 0 Å². The Labute approximate surface area is 112 Å². The van der Waals surface area contributed by atoms with Gasteiger partial charge in [0.15, 0.2) is 0 Å². The van der Waals surface area contributed by atoms with E-state index in [9.17, 15) is 4.91 Å². The fourth-order valence-corrected chi connectivity index (χ4v) is 2.86. The summed E-state index contributed by atoms with van der Waals surface area (Å²) < 4.78 is 0. The van der Waals surface area contributed by atoms with E-state index >= 15 is 0 Å². The van der Waals surface area contributed by atoms with Gasteiger partial charge in [-0.15, -0.1) is 0 Å². The molecule has 2 heteroatoms. The molecule has 0 fully saturated rings. The van der Waals surface area contributed by atoms with Crippen molar-refractivity contribution < 1.29 is 0 Å². The van der Waals surface area contributed by atoms with E-state index < -0.39 is 0 Å². The van der Waals surface area contributed by atoms with Gasteiger partial charge in [-0.3, -0.25) is 0 Å². The number of benzene rings is 2. The molecule has 0 saturated heterocycles. The Morgan fingerprint density at radius 1 is 1.05 bits per heavy atom. The third-order valence-electron chi connectivity index (χ3n) is 3.75. The van der Waals surface area contributed by atoms with Crippen molar-refractivity contribution in [1.82, 2.24) is 0 Å². The lowest BCUT2D eigenvalue weighted by Crippen LogP contribution is -1.99. The number of rotatable bonds is 1. The fraction of sp³-hybridized carbons (Fsp3) is 0.176. The molecule has 0 N–H and O–H groups in total. The fourth-order valence-electron chi connectivity index (χ4n) is 2.86. The van der Waals surface area contributed by atoms with Crippen LogP contribution in [0.1, 0.15) is 35.2 Å². The first-order valence-corrected chi connectivity index (χ1v) is 6.51. The summed E-state index contributed by atoms with van der Waals surface area (Å²) >= 11 is 0. The third-order valence-corrected chi connectivity index (χ3v) is 3.75. The van der Waals surface area contributed by atoms with Gasteiger partial charge in [-0.2, -0.15) is 4.91 Å². The highest BCUT2D eigenvalue weighted by Crippen LogP contribution is 2.38. The minimum atomic E-state index is -0.296. The van der Waals surface area contributed by atoms with E-state index in [0.717, 1.165) is 11.1 Å². The number of hydrogen-bond donors (Lipinski definition) is 0. The Balaban J connectivity index is 2.32. The lowest BCUT2D eigenvalue weighted by Gasteiger charge is -2.11. The summed E-state index contributed by atoms with van der Waals surface area (Å²) in [5.74, 6) is 0. The number of nitroso groups, excluding NO2 is 1. The Morgan fingerprint density at radius 3 is 2.47 bits per heavy atom. The molecule has 0 amide bonds. The van der Waals surface area contributed by atoms with Gasteiger partial charge in [-0.25, -0.2) is 0 Å². The van der Waals surface area contributed by atoms with Gasteiger partial charge in [0.2, 0.25) is 0 Å². The normalized spacial score (nSPS) is 19.4. The quantitative estimate of drug-likeness (QED) is 0.684. The van der Waals surface area contributed by atoms with Crippen LogP contribution in [-0.4, -0.2) is 0 Å². The van der Waals surface area contributed by atoms with Crippen molar-refractivity contribution >= 4 is 5.57 Å². The second-order valence-corrected chi connectivity index (χ2v) is 4.77. The maximum atomic E-state index is 11.2. The van der Waals surface area contributed by atoms with Crippen LogP contribution in [0, 0.1) is 4.91 Å². The summed E-state index contributed by atoms with van der Waals surface area (Å²) in [6.45, 7) is 2.04. The largest absolute Gasteiger partial charge is 0.150 e. The maximum absolute atomic E-state index is 11.2. The van der Waals surface area contributed by atoms with Crippen molar-refractivity contribution in [3.8, 4) is 0 Å². The van der Waals surface area contributed by atoms with E-state index in [-0.39, 0.29) is 6.04 Å². The SMILES string of the molecule is CC=C1c2ccccc2CC(N=O)c2ccccc21. The molecular formula is C17H15NO. The van der Waals surface area contributed by atoms with Crippen molar-refractivity contribution in [3.05, 3.63) is 81.8 Å². The zero-order valence-electron chi connectivity index (χ0n) is 10.8. The maximum Gasteiger partial charge on any atom is 0.121 e. The zero-order valence-corrected chi connectivity index (χ0v) is 10.8. The second-order valence-electron chi connectivity index (χ2n) is 4.77. The van der Waals surface area contributed by atoms with Gasteiger partial charge in [0.1, 0.15) is 6.04 Å². The van der Waals surface area contributed by atoms with Crippen LogP contribution in [-0.2, 0) is 6.42 Å². The minimum Gasteiger partial charge on any atom is -0.150 e. The molecular weight excluding hydrogens is 234 g/mol. The Morgan fingerprint density at radius 2 is 1.74 bits per heavy atom. The van der Waals surface area contributed by atoms with Crippen LogP contribution in [0.3, 0.4) is 0 Å². The topological polar surface area (TPSA) is 29.4 Å². The van der Waals surface area contributed by atoms with E-state index in [2.05, 4.69) is 29.5 Å². The predicted octanol–water partition coefficient (Wildman–Crippen LogP) is 4.50. The van der Waals surface area contributed by atoms with Crippen molar-refractivity contribution in [2.45, 2.75) is 19.4 Å². The van der Waals surface area contributed by atoms with Gasteiger partial charge < -0.3 is 0 Å². The molecule has 2 aromatic rings. The molecule has 0 heterocycles. The van der Waals surface area contributed by atoms with Gasteiger partial charge in [-0.1, -0.05) is 59.8 Å². The Bertz CT molecular complexity index is 658. The van der Waals surface area contributed by atoms with E-state index in [1.807, 2.05) is 37.3 Å². The Hall–Kier alpha value is -2.22. The molecule has 0 radical (unpaired) electrons. The van der Waals surface area contributed by atoms with Crippen molar-refractivity contribution in [1.29, 1.82) is 0 Å². The lowest BCUT2D eigenvalue weighted by molar-refractivity contribution is 0.720. The summed E-state index contributed by atoms with van der Waals surface area (Å²) in [6.07, 6.45) is 2.79. The van der Waals surface area contributed by atoms with Crippen LogP contribution in [0.5, 0.6) is 0 Å². The lowest BCUT2D eigenvalue weighted by atomic mass is 9.94. The highest BCUT2D eigenvalue weighted by molar-refractivity contribution is 5.84. The van der Waals surface area contributed by atoms with E-state index in [1.54, 1.807) is 0 Å². The molecule has 3 rings (SSSR count). The van der Waals surface area contributed by atoms with Crippen molar-refractivity contribution in [2.75, 3.05) is 0 Å². The van der Waals surface area contributed by atoms with Crippen molar-refractivity contribution in [2.24, 2.45) is 5.18 Å². The number of fused-ring (bicyclic) bond motifs is 2. The molecule has 0 aliphatic heterocycles. The van der Waals surface area contributed by atoms with Gasteiger partial charge in [0.05, 0.1) is 0 Å².